The molecule has 3 nitrogen and oxygen atoms in total. The molecule has 0 spiro atoms. The molecule has 1 aliphatic heterocycles. The molecule has 17 heavy (non-hydrogen) atoms. The first-order valence-corrected chi connectivity index (χ1v) is 6.21. The van der Waals surface area contributed by atoms with Gasteiger partial charge < -0.3 is 14.8 Å². The quantitative estimate of drug-likeness (QED) is 0.866. The van der Waals surface area contributed by atoms with E-state index in [1.54, 1.807) is 0 Å². The highest BCUT2D eigenvalue weighted by Crippen LogP contribution is 2.28. The summed E-state index contributed by atoms with van der Waals surface area (Å²) in [5.41, 5.74) is 2.65. The molecule has 3 heteroatoms. The van der Waals surface area contributed by atoms with Gasteiger partial charge >= 0.3 is 0 Å². The van der Waals surface area contributed by atoms with Crippen molar-refractivity contribution in [1.82, 2.24) is 9.88 Å². The normalized spacial score (nSPS) is 16.1. The number of aryl methyl sites for hydroxylation is 1. The number of nitrogens with zero attached hydrogens (tertiary/aromatic N) is 2. The Hall–Kier alpha value is -1.48. The second-order valence-corrected chi connectivity index (χ2v) is 5.05. The first-order chi connectivity index (χ1) is 8.25. The molecule has 3 rings (SSSR count). The van der Waals surface area contributed by atoms with Crippen molar-refractivity contribution in [3.8, 4) is 0 Å². The second-order valence-electron chi connectivity index (χ2n) is 5.05. The minimum absolute atomic E-state index is 0.805. The van der Waals surface area contributed by atoms with Crippen LogP contribution in [0.2, 0.25) is 0 Å². The lowest BCUT2D eigenvalue weighted by molar-refractivity contribution is 0.353. The Balaban J connectivity index is 1.93. The van der Waals surface area contributed by atoms with Gasteiger partial charge in [-0.25, -0.2) is 0 Å². The van der Waals surface area contributed by atoms with Gasteiger partial charge in [-0.3, -0.25) is 0 Å². The predicted octanol–water partition coefficient (Wildman–Crippen LogP) is 1.83. The van der Waals surface area contributed by atoms with Crippen LogP contribution in [0.4, 0.5) is 5.69 Å². The fraction of sp³-hybridized carbons (Fsp3) is 0.429. The molecule has 0 bridgehead atoms. The molecule has 2 heterocycles. The Morgan fingerprint density at radius 3 is 2.82 bits per heavy atom. The maximum absolute atomic E-state index is 3.33. The maximum Gasteiger partial charge on any atom is 0.0623 e. The van der Waals surface area contributed by atoms with Gasteiger partial charge in [0.1, 0.15) is 0 Å². The third kappa shape index (κ3) is 1.80. The molecular formula is C14H19N3. The summed E-state index contributed by atoms with van der Waals surface area (Å²) < 4.78 is 2.21. The van der Waals surface area contributed by atoms with Crippen molar-refractivity contribution in [3.05, 3.63) is 30.5 Å². The fourth-order valence-electron chi connectivity index (χ4n) is 2.59. The zero-order valence-electron chi connectivity index (χ0n) is 10.5. The third-order valence-electron chi connectivity index (χ3n) is 3.69. The highest BCUT2D eigenvalue weighted by atomic mass is 15.1. The van der Waals surface area contributed by atoms with Gasteiger partial charge in [-0.15, -0.1) is 0 Å². The van der Waals surface area contributed by atoms with Crippen molar-refractivity contribution in [1.29, 1.82) is 0 Å². The average Bonchev–Trinajstić information content (AvgIpc) is 2.62. The molecule has 0 unspecified atom stereocenters. The van der Waals surface area contributed by atoms with E-state index in [1.165, 1.54) is 16.6 Å². The van der Waals surface area contributed by atoms with Crippen LogP contribution in [0.25, 0.3) is 10.9 Å². The lowest BCUT2D eigenvalue weighted by atomic mass is 10.0. The molecule has 1 aliphatic rings. The topological polar surface area (TPSA) is 20.2 Å². The van der Waals surface area contributed by atoms with E-state index < -0.39 is 0 Å². The summed E-state index contributed by atoms with van der Waals surface area (Å²) in [4.78, 5) is 2.38. The van der Waals surface area contributed by atoms with Gasteiger partial charge in [0.25, 0.3) is 0 Å². The first kappa shape index (κ1) is 10.7. The molecule has 0 saturated carbocycles. The van der Waals surface area contributed by atoms with Crippen LogP contribution in [-0.2, 0) is 7.05 Å². The third-order valence-corrected chi connectivity index (χ3v) is 3.69. The Bertz CT molecular complexity index is 525. The number of nitrogens with one attached hydrogen (secondary N) is 1. The van der Waals surface area contributed by atoms with Crippen LogP contribution < -0.4 is 10.2 Å². The van der Waals surface area contributed by atoms with Crippen LogP contribution >= 0.6 is 0 Å². The maximum atomic E-state index is 3.33. The van der Waals surface area contributed by atoms with Gasteiger partial charge in [-0.2, -0.15) is 0 Å². The number of fused-ring (bicyclic) bond motifs is 1. The van der Waals surface area contributed by atoms with E-state index in [-0.39, 0.29) is 0 Å². The van der Waals surface area contributed by atoms with Gasteiger partial charge in [0.2, 0.25) is 0 Å². The molecule has 0 radical (unpaired) electrons. The smallest absolute Gasteiger partial charge is 0.0623 e. The summed E-state index contributed by atoms with van der Waals surface area (Å²) in [6.07, 6.45) is 2.23. The van der Waals surface area contributed by atoms with Crippen molar-refractivity contribution in [2.45, 2.75) is 0 Å². The molecule has 90 valence electrons. The molecule has 1 aromatic carbocycles. The second kappa shape index (κ2) is 4.08. The molecule has 1 N–H and O–H groups in total. The van der Waals surface area contributed by atoms with E-state index in [0.717, 1.165) is 25.6 Å². The van der Waals surface area contributed by atoms with Crippen molar-refractivity contribution in [2.24, 2.45) is 13.0 Å². The number of hydrogen-bond acceptors (Lipinski definition) is 2. The van der Waals surface area contributed by atoms with Crippen molar-refractivity contribution >= 4 is 16.6 Å². The number of anilines is 1. The van der Waals surface area contributed by atoms with Gasteiger partial charge in [-0.05, 0) is 6.07 Å². The molecule has 1 fully saturated rings. The van der Waals surface area contributed by atoms with Crippen LogP contribution in [-0.4, -0.2) is 31.2 Å². The Morgan fingerprint density at radius 1 is 1.35 bits per heavy atom. The van der Waals surface area contributed by atoms with Crippen molar-refractivity contribution < 1.29 is 0 Å². The minimum atomic E-state index is 0.805. The lowest BCUT2D eigenvalue weighted by Crippen LogP contribution is -2.47. The standard InChI is InChI=1S/C14H19N3/c1-16(9-11-7-15-8-11)14-10-17(2)13-6-4-3-5-12(13)14/h3-6,10-11,15H,7-9H2,1-2H3. The molecular weight excluding hydrogens is 210 g/mol. The monoisotopic (exact) mass is 229 g/mol. The Labute approximate surface area is 102 Å². The van der Waals surface area contributed by atoms with Gasteiger partial charge in [-0.1, -0.05) is 18.2 Å². The molecule has 0 amide bonds. The molecule has 2 aromatic rings. The van der Waals surface area contributed by atoms with E-state index in [1.807, 2.05) is 0 Å². The molecule has 1 aromatic heterocycles. The number of rotatable bonds is 3. The zero-order chi connectivity index (χ0) is 11.8. The highest BCUT2D eigenvalue weighted by Gasteiger charge is 2.20. The number of aromatic nitrogens is 1. The Morgan fingerprint density at radius 2 is 2.12 bits per heavy atom. The van der Waals surface area contributed by atoms with E-state index in [0.29, 0.717) is 0 Å². The zero-order valence-corrected chi connectivity index (χ0v) is 10.5. The SMILES string of the molecule is CN(CC1CNC1)c1cn(C)c2ccccc12. The summed E-state index contributed by atoms with van der Waals surface area (Å²) in [6.45, 7) is 3.46. The van der Waals surface area contributed by atoms with Crippen LogP contribution in [0.1, 0.15) is 0 Å². The summed E-state index contributed by atoms with van der Waals surface area (Å²) >= 11 is 0. The van der Waals surface area contributed by atoms with E-state index in [2.05, 4.69) is 59.3 Å². The highest BCUT2D eigenvalue weighted by molar-refractivity contribution is 5.93. The molecule has 0 atom stereocenters. The number of hydrogen-bond donors (Lipinski definition) is 1. The summed E-state index contributed by atoms with van der Waals surface area (Å²) in [5, 5.41) is 4.68. The van der Waals surface area contributed by atoms with Gasteiger partial charge in [0.15, 0.2) is 0 Å². The van der Waals surface area contributed by atoms with E-state index in [4.69, 9.17) is 0 Å². The summed E-state index contributed by atoms with van der Waals surface area (Å²) in [5.74, 6) is 0.805. The summed E-state index contributed by atoms with van der Waals surface area (Å²) in [7, 11) is 4.31. The summed E-state index contributed by atoms with van der Waals surface area (Å²) in [6, 6.07) is 8.60. The van der Waals surface area contributed by atoms with Gasteiger partial charge in [0.05, 0.1) is 5.69 Å². The van der Waals surface area contributed by atoms with E-state index >= 15 is 0 Å². The number of para-hydroxylation sites is 1. The first-order valence-electron chi connectivity index (χ1n) is 6.21. The average molecular weight is 229 g/mol. The Kier molecular flexibility index (Phi) is 2.56. The van der Waals surface area contributed by atoms with Gasteiger partial charge in [0, 0.05) is 56.7 Å². The lowest BCUT2D eigenvalue weighted by Gasteiger charge is -2.32. The predicted molar refractivity (Wildman–Crippen MR) is 72.5 cm³/mol. The largest absolute Gasteiger partial charge is 0.372 e. The van der Waals surface area contributed by atoms with Crippen molar-refractivity contribution in [2.75, 3.05) is 31.6 Å². The fourth-order valence-corrected chi connectivity index (χ4v) is 2.59. The van der Waals surface area contributed by atoms with Crippen LogP contribution in [0.3, 0.4) is 0 Å². The number of benzene rings is 1. The minimum Gasteiger partial charge on any atom is -0.372 e. The van der Waals surface area contributed by atoms with Crippen LogP contribution in [0.5, 0.6) is 0 Å². The van der Waals surface area contributed by atoms with Crippen LogP contribution in [0, 0.1) is 5.92 Å². The molecule has 0 aliphatic carbocycles. The molecule has 1 saturated heterocycles. The van der Waals surface area contributed by atoms with Crippen molar-refractivity contribution in [3.63, 3.8) is 0 Å². The van der Waals surface area contributed by atoms with E-state index in [9.17, 15) is 0 Å². The van der Waals surface area contributed by atoms with Crippen LogP contribution in [0.15, 0.2) is 30.5 Å².